The monoisotopic (exact) mass is 337 g/mol. The third kappa shape index (κ3) is 4.08. The van der Waals surface area contributed by atoms with Crippen LogP contribution in [-0.4, -0.2) is 18.0 Å². The van der Waals surface area contributed by atoms with E-state index in [1.165, 1.54) is 11.1 Å². The summed E-state index contributed by atoms with van der Waals surface area (Å²) in [7, 11) is 0. The molecule has 1 aliphatic carbocycles. The Morgan fingerprint density at radius 2 is 1.96 bits per heavy atom. The number of hydrogen-bond donors (Lipinski definition) is 1. The summed E-state index contributed by atoms with van der Waals surface area (Å²) in [5, 5.41) is 3.03. The van der Waals surface area contributed by atoms with Crippen molar-refractivity contribution < 1.29 is 14.3 Å². The van der Waals surface area contributed by atoms with Crippen molar-refractivity contribution >= 4 is 11.9 Å². The van der Waals surface area contributed by atoms with Crippen molar-refractivity contribution in [3.05, 3.63) is 70.8 Å². The Morgan fingerprint density at radius 3 is 2.76 bits per heavy atom. The maximum absolute atomic E-state index is 12.5. The Morgan fingerprint density at radius 1 is 1.16 bits per heavy atom. The molecule has 25 heavy (non-hydrogen) atoms. The molecule has 0 unspecified atom stereocenters. The van der Waals surface area contributed by atoms with Crippen LogP contribution in [0.3, 0.4) is 0 Å². The molecule has 4 nitrogen and oxygen atoms in total. The number of fused-ring (bicyclic) bond motifs is 1. The van der Waals surface area contributed by atoms with Crippen molar-refractivity contribution in [2.45, 2.75) is 45.3 Å². The minimum Gasteiger partial charge on any atom is -0.449 e. The molecule has 1 aliphatic rings. The number of carbonyl (C=O) groups is 2. The quantitative estimate of drug-likeness (QED) is 0.865. The number of aryl methyl sites for hydroxylation is 2. The Bertz CT molecular complexity index is 784. The fourth-order valence-electron chi connectivity index (χ4n) is 3.25. The van der Waals surface area contributed by atoms with E-state index < -0.39 is 12.1 Å². The number of amides is 1. The molecular formula is C21H23NO3. The van der Waals surface area contributed by atoms with Gasteiger partial charge in [0.15, 0.2) is 6.10 Å². The lowest BCUT2D eigenvalue weighted by molar-refractivity contribution is -0.130. The first-order valence-electron chi connectivity index (χ1n) is 8.70. The average molecular weight is 337 g/mol. The molecule has 4 heteroatoms. The molecule has 0 fully saturated rings. The van der Waals surface area contributed by atoms with Crippen LogP contribution >= 0.6 is 0 Å². The number of benzene rings is 2. The van der Waals surface area contributed by atoms with Crippen LogP contribution in [0.5, 0.6) is 0 Å². The average Bonchev–Trinajstić information content (AvgIpc) is 2.62. The largest absolute Gasteiger partial charge is 0.449 e. The van der Waals surface area contributed by atoms with Crippen molar-refractivity contribution in [1.29, 1.82) is 0 Å². The topological polar surface area (TPSA) is 55.4 Å². The highest BCUT2D eigenvalue weighted by atomic mass is 16.5. The van der Waals surface area contributed by atoms with Crippen LogP contribution < -0.4 is 5.32 Å². The van der Waals surface area contributed by atoms with Gasteiger partial charge < -0.3 is 10.1 Å². The molecule has 0 radical (unpaired) electrons. The zero-order valence-electron chi connectivity index (χ0n) is 14.6. The summed E-state index contributed by atoms with van der Waals surface area (Å²) in [6.07, 6.45) is 2.16. The fraction of sp³-hybridized carbons (Fsp3) is 0.333. The second-order valence-corrected chi connectivity index (χ2v) is 6.57. The van der Waals surface area contributed by atoms with Crippen LogP contribution in [0.25, 0.3) is 0 Å². The number of hydrogen-bond acceptors (Lipinski definition) is 3. The zero-order chi connectivity index (χ0) is 17.8. The van der Waals surface area contributed by atoms with E-state index in [9.17, 15) is 9.59 Å². The van der Waals surface area contributed by atoms with Crippen LogP contribution in [0, 0.1) is 6.92 Å². The minimum atomic E-state index is -0.831. The molecule has 0 bridgehead atoms. The summed E-state index contributed by atoms with van der Waals surface area (Å²) in [6.45, 7) is 3.52. The number of esters is 1. The minimum absolute atomic E-state index is 0.0161. The van der Waals surface area contributed by atoms with Gasteiger partial charge in [-0.1, -0.05) is 42.0 Å². The molecule has 2 atom stereocenters. The summed E-state index contributed by atoms with van der Waals surface area (Å²) in [5.74, 6) is -0.738. The van der Waals surface area contributed by atoms with E-state index in [1.807, 2.05) is 25.1 Å². The predicted molar refractivity (Wildman–Crippen MR) is 96.3 cm³/mol. The van der Waals surface area contributed by atoms with Crippen molar-refractivity contribution in [3.63, 3.8) is 0 Å². The molecule has 0 aliphatic heterocycles. The molecule has 1 amide bonds. The Balaban J connectivity index is 1.63. The first kappa shape index (κ1) is 17.2. The maximum Gasteiger partial charge on any atom is 0.338 e. The van der Waals surface area contributed by atoms with Gasteiger partial charge in [0, 0.05) is 0 Å². The first-order chi connectivity index (χ1) is 12.0. The predicted octanol–water partition coefficient (Wildman–Crippen LogP) is 3.73. The third-order valence-corrected chi connectivity index (χ3v) is 4.59. The summed E-state index contributed by atoms with van der Waals surface area (Å²) in [6, 6.07) is 15.3. The fourth-order valence-corrected chi connectivity index (χ4v) is 3.25. The van der Waals surface area contributed by atoms with Crippen LogP contribution in [-0.2, 0) is 16.0 Å². The molecule has 0 saturated carbocycles. The van der Waals surface area contributed by atoms with Gasteiger partial charge in [0.2, 0.25) is 0 Å². The van der Waals surface area contributed by atoms with Crippen LogP contribution in [0.2, 0.25) is 0 Å². The van der Waals surface area contributed by atoms with Gasteiger partial charge in [0.25, 0.3) is 5.91 Å². The third-order valence-electron chi connectivity index (χ3n) is 4.59. The maximum atomic E-state index is 12.5. The van der Waals surface area contributed by atoms with Crippen molar-refractivity contribution in [3.8, 4) is 0 Å². The molecule has 0 aromatic heterocycles. The smallest absolute Gasteiger partial charge is 0.338 e. The Labute approximate surface area is 148 Å². The highest BCUT2D eigenvalue weighted by molar-refractivity contribution is 5.92. The standard InChI is InChI=1S/C21H23NO3/c1-14-7-5-10-17(13-14)21(24)25-15(2)20(23)22-19-12-6-9-16-8-3-4-11-18(16)19/h3-5,7-8,10-11,13,15,19H,6,9,12H2,1-2H3,(H,22,23)/t15-,19+/m1/s1. The van der Waals surface area contributed by atoms with Gasteiger partial charge >= 0.3 is 5.97 Å². The van der Waals surface area contributed by atoms with Gasteiger partial charge in [0.05, 0.1) is 11.6 Å². The van der Waals surface area contributed by atoms with E-state index in [1.54, 1.807) is 25.1 Å². The molecular weight excluding hydrogens is 314 g/mol. The summed E-state index contributed by atoms with van der Waals surface area (Å²) in [4.78, 5) is 24.7. The molecule has 2 aromatic rings. The van der Waals surface area contributed by atoms with Gasteiger partial charge in [-0.3, -0.25) is 4.79 Å². The SMILES string of the molecule is Cc1cccc(C(=O)O[C@H](C)C(=O)N[C@H]2CCCc3ccccc32)c1. The van der Waals surface area contributed by atoms with E-state index in [0.29, 0.717) is 5.56 Å². The number of rotatable bonds is 4. The summed E-state index contributed by atoms with van der Waals surface area (Å²) in [5.41, 5.74) is 3.88. The van der Waals surface area contributed by atoms with E-state index in [4.69, 9.17) is 4.74 Å². The van der Waals surface area contributed by atoms with Crippen LogP contribution in [0.1, 0.15) is 52.9 Å². The van der Waals surface area contributed by atoms with Gasteiger partial charge in [-0.05, 0) is 56.4 Å². The van der Waals surface area contributed by atoms with E-state index in [2.05, 4.69) is 17.4 Å². The van der Waals surface area contributed by atoms with Crippen LogP contribution in [0.15, 0.2) is 48.5 Å². The van der Waals surface area contributed by atoms with Crippen molar-refractivity contribution in [1.82, 2.24) is 5.32 Å². The van der Waals surface area contributed by atoms with Crippen molar-refractivity contribution in [2.75, 3.05) is 0 Å². The van der Waals surface area contributed by atoms with E-state index in [0.717, 1.165) is 24.8 Å². The number of ether oxygens (including phenoxy) is 1. The van der Waals surface area contributed by atoms with Gasteiger partial charge in [0.1, 0.15) is 0 Å². The first-order valence-corrected chi connectivity index (χ1v) is 8.70. The van der Waals surface area contributed by atoms with Crippen LogP contribution in [0.4, 0.5) is 0 Å². The van der Waals surface area contributed by atoms with E-state index in [-0.39, 0.29) is 11.9 Å². The summed E-state index contributed by atoms with van der Waals surface area (Å²) < 4.78 is 5.33. The molecule has 0 heterocycles. The molecule has 0 saturated heterocycles. The highest BCUT2D eigenvalue weighted by Crippen LogP contribution is 2.29. The molecule has 1 N–H and O–H groups in total. The van der Waals surface area contributed by atoms with Gasteiger partial charge in [-0.15, -0.1) is 0 Å². The molecule has 3 rings (SSSR count). The second-order valence-electron chi connectivity index (χ2n) is 6.57. The Kier molecular flexibility index (Phi) is 5.17. The Hall–Kier alpha value is -2.62. The second kappa shape index (κ2) is 7.51. The van der Waals surface area contributed by atoms with Gasteiger partial charge in [-0.2, -0.15) is 0 Å². The lowest BCUT2D eigenvalue weighted by Gasteiger charge is -2.27. The molecule has 2 aromatic carbocycles. The lowest BCUT2D eigenvalue weighted by Crippen LogP contribution is -2.39. The van der Waals surface area contributed by atoms with Crippen molar-refractivity contribution in [2.24, 2.45) is 0 Å². The normalized spacial score (nSPS) is 17.3. The highest BCUT2D eigenvalue weighted by Gasteiger charge is 2.25. The number of nitrogens with one attached hydrogen (secondary N) is 1. The zero-order valence-corrected chi connectivity index (χ0v) is 14.6. The molecule has 130 valence electrons. The van der Waals surface area contributed by atoms with E-state index >= 15 is 0 Å². The molecule has 0 spiro atoms. The summed E-state index contributed by atoms with van der Waals surface area (Å²) >= 11 is 0. The lowest BCUT2D eigenvalue weighted by atomic mass is 9.87. The number of carbonyl (C=O) groups excluding carboxylic acids is 2. The van der Waals surface area contributed by atoms with Gasteiger partial charge in [-0.25, -0.2) is 4.79 Å².